The van der Waals surface area contributed by atoms with Crippen molar-refractivity contribution in [3.63, 3.8) is 0 Å². The van der Waals surface area contributed by atoms with Crippen LogP contribution in [0.15, 0.2) is 30.3 Å². The van der Waals surface area contributed by atoms with Crippen molar-refractivity contribution in [1.82, 2.24) is 0 Å². The van der Waals surface area contributed by atoms with Gasteiger partial charge in [-0.15, -0.1) is 0 Å². The molecule has 1 heterocycles. The molecule has 8 heteroatoms. The van der Waals surface area contributed by atoms with Crippen molar-refractivity contribution in [3.05, 3.63) is 35.9 Å². The van der Waals surface area contributed by atoms with Gasteiger partial charge >= 0.3 is 11.9 Å². The van der Waals surface area contributed by atoms with Gasteiger partial charge in [0.2, 0.25) is 0 Å². The van der Waals surface area contributed by atoms with Gasteiger partial charge in [0.1, 0.15) is 12.2 Å². The van der Waals surface area contributed by atoms with Gasteiger partial charge in [-0.05, 0) is 0 Å². The average Bonchev–Trinajstić information content (AvgIpc) is 2.47. The third kappa shape index (κ3) is 3.19. The SMILES string of the molecule is O=C(O)[C@@H](O)[C@H]1OC(c2ccccc2)O[C@@H](C(=O)O)[C@H]1O. The van der Waals surface area contributed by atoms with Crippen LogP contribution in [0.1, 0.15) is 11.9 Å². The molecule has 5 atom stereocenters. The van der Waals surface area contributed by atoms with Crippen LogP contribution in [-0.4, -0.2) is 56.8 Å². The van der Waals surface area contributed by atoms with Gasteiger partial charge in [-0.25, -0.2) is 9.59 Å². The lowest BCUT2D eigenvalue weighted by Crippen LogP contribution is -2.56. The zero-order valence-corrected chi connectivity index (χ0v) is 10.7. The second kappa shape index (κ2) is 6.19. The van der Waals surface area contributed by atoms with E-state index in [2.05, 4.69) is 0 Å². The molecule has 1 aromatic carbocycles. The van der Waals surface area contributed by atoms with Crippen LogP contribution < -0.4 is 0 Å². The lowest BCUT2D eigenvalue weighted by atomic mass is 10.0. The van der Waals surface area contributed by atoms with Gasteiger partial charge in [-0.1, -0.05) is 30.3 Å². The summed E-state index contributed by atoms with van der Waals surface area (Å²) < 4.78 is 10.4. The standard InChI is InChI=1S/C13H14O8/c14-7-9(8(15)11(16)17)20-13(21-10(7)12(18)19)6-4-2-1-3-5-6/h1-5,7-10,13-15H,(H,16,17)(H,18,19)/t7-,8-,9-,10+,13?/m0/s1. The second-order valence-corrected chi connectivity index (χ2v) is 4.51. The van der Waals surface area contributed by atoms with Gasteiger partial charge < -0.3 is 29.9 Å². The van der Waals surface area contributed by atoms with E-state index in [0.29, 0.717) is 5.56 Å². The van der Waals surface area contributed by atoms with Crippen molar-refractivity contribution >= 4 is 11.9 Å². The van der Waals surface area contributed by atoms with E-state index in [1.165, 1.54) is 0 Å². The molecule has 2 rings (SSSR count). The van der Waals surface area contributed by atoms with Crippen molar-refractivity contribution < 1.29 is 39.5 Å². The van der Waals surface area contributed by atoms with Gasteiger partial charge in [0.15, 0.2) is 18.5 Å². The number of ether oxygens (including phenoxy) is 2. The molecule has 0 aliphatic carbocycles. The number of rotatable bonds is 4. The second-order valence-electron chi connectivity index (χ2n) is 4.51. The van der Waals surface area contributed by atoms with Crippen molar-refractivity contribution in [2.75, 3.05) is 0 Å². The first kappa shape index (κ1) is 15.4. The van der Waals surface area contributed by atoms with Crippen LogP contribution in [0.2, 0.25) is 0 Å². The number of hydrogen-bond donors (Lipinski definition) is 4. The minimum atomic E-state index is -2.07. The van der Waals surface area contributed by atoms with Crippen LogP contribution in [0.25, 0.3) is 0 Å². The first-order valence-electron chi connectivity index (χ1n) is 6.09. The van der Waals surface area contributed by atoms with Crippen molar-refractivity contribution in [1.29, 1.82) is 0 Å². The van der Waals surface area contributed by atoms with Crippen molar-refractivity contribution in [2.45, 2.75) is 30.7 Å². The number of hydrogen-bond acceptors (Lipinski definition) is 6. The Kier molecular flexibility index (Phi) is 4.53. The fourth-order valence-electron chi connectivity index (χ4n) is 2.01. The van der Waals surface area contributed by atoms with E-state index in [0.717, 1.165) is 0 Å². The van der Waals surface area contributed by atoms with Crippen LogP contribution in [0, 0.1) is 0 Å². The van der Waals surface area contributed by atoms with Gasteiger partial charge in [0.25, 0.3) is 0 Å². The third-order valence-corrected chi connectivity index (χ3v) is 3.08. The maximum Gasteiger partial charge on any atom is 0.335 e. The van der Waals surface area contributed by atoms with Gasteiger partial charge in [-0.3, -0.25) is 0 Å². The Bertz CT molecular complexity index is 516. The van der Waals surface area contributed by atoms with E-state index in [1.807, 2.05) is 0 Å². The zero-order valence-electron chi connectivity index (χ0n) is 10.7. The fraction of sp³-hybridized carbons (Fsp3) is 0.385. The minimum Gasteiger partial charge on any atom is -0.479 e. The Morgan fingerprint density at radius 3 is 2.24 bits per heavy atom. The monoisotopic (exact) mass is 298 g/mol. The Labute approximate surface area is 119 Å². The molecule has 0 spiro atoms. The van der Waals surface area contributed by atoms with Crippen LogP contribution in [-0.2, 0) is 19.1 Å². The van der Waals surface area contributed by atoms with Crippen LogP contribution in [0.4, 0.5) is 0 Å². The molecule has 1 saturated heterocycles. The van der Waals surface area contributed by atoms with E-state index in [4.69, 9.17) is 19.7 Å². The Morgan fingerprint density at radius 1 is 1.10 bits per heavy atom. The first-order chi connectivity index (χ1) is 9.91. The number of aliphatic hydroxyl groups is 2. The molecule has 114 valence electrons. The van der Waals surface area contributed by atoms with Crippen molar-refractivity contribution in [3.8, 4) is 0 Å². The Hall–Kier alpha value is -2.00. The molecule has 0 aromatic heterocycles. The molecule has 1 fully saturated rings. The molecule has 21 heavy (non-hydrogen) atoms. The molecule has 1 aliphatic rings. The summed E-state index contributed by atoms with van der Waals surface area (Å²) in [7, 11) is 0. The van der Waals surface area contributed by atoms with E-state index in [-0.39, 0.29) is 0 Å². The van der Waals surface area contributed by atoms with Gasteiger partial charge in [0, 0.05) is 5.56 Å². The molecule has 1 unspecified atom stereocenters. The molecule has 8 nitrogen and oxygen atoms in total. The van der Waals surface area contributed by atoms with E-state index in [9.17, 15) is 19.8 Å². The largest absolute Gasteiger partial charge is 0.479 e. The predicted octanol–water partition coefficient (Wildman–Crippen LogP) is -0.640. The number of benzene rings is 1. The molecule has 0 amide bonds. The van der Waals surface area contributed by atoms with Gasteiger partial charge in [-0.2, -0.15) is 0 Å². The summed E-state index contributed by atoms with van der Waals surface area (Å²) in [6.45, 7) is 0. The van der Waals surface area contributed by atoms with Crippen LogP contribution in [0.3, 0.4) is 0 Å². The normalized spacial score (nSPS) is 30.6. The molecule has 0 saturated carbocycles. The molecule has 0 bridgehead atoms. The number of carboxylic acid groups (broad SMARTS) is 2. The Balaban J connectivity index is 2.29. The summed E-state index contributed by atoms with van der Waals surface area (Å²) >= 11 is 0. The van der Waals surface area contributed by atoms with E-state index < -0.39 is 42.6 Å². The predicted molar refractivity (Wildman–Crippen MR) is 66.2 cm³/mol. The lowest BCUT2D eigenvalue weighted by molar-refractivity contribution is -0.300. The molecular weight excluding hydrogens is 284 g/mol. The highest BCUT2D eigenvalue weighted by atomic mass is 16.7. The topological polar surface area (TPSA) is 134 Å². The highest BCUT2D eigenvalue weighted by molar-refractivity contribution is 5.75. The smallest absolute Gasteiger partial charge is 0.335 e. The average molecular weight is 298 g/mol. The van der Waals surface area contributed by atoms with Crippen LogP contribution in [0.5, 0.6) is 0 Å². The Morgan fingerprint density at radius 2 is 1.71 bits per heavy atom. The minimum absolute atomic E-state index is 0.443. The summed E-state index contributed by atoms with van der Waals surface area (Å²) in [6.07, 6.45) is -8.41. The molecule has 4 N–H and O–H groups in total. The van der Waals surface area contributed by atoms with E-state index in [1.54, 1.807) is 30.3 Å². The summed E-state index contributed by atoms with van der Waals surface area (Å²) in [5, 5.41) is 37.2. The maximum absolute atomic E-state index is 11.1. The third-order valence-electron chi connectivity index (χ3n) is 3.08. The molecule has 1 aromatic rings. The number of aliphatic carboxylic acids is 2. The molecular formula is C13H14O8. The summed E-state index contributed by atoms with van der Waals surface area (Å²) in [5.74, 6) is -3.11. The fourth-order valence-corrected chi connectivity index (χ4v) is 2.01. The lowest BCUT2D eigenvalue weighted by Gasteiger charge is -2.38. The summed E-state index contributed by atoms with van der Waals surface area (Å²) in [5.41, 5.74) is 0.443. The first-order valence-corrected chi connectivity index (χ1v) is 6.09. The highest BCUT2D eigenvalue weighted by Gasteiger charge is 2.47. The number of aliphatic hydroxyl groups excluding tert-OH is 2. The number of carbonyl (C=O) groups is 2. The quantitative estimate of drug-likeness (QED) is 0.577. The summed E-state index contributed by atoms with van der Waals surface area (Å²) in [6, 6.07) is 8.22. The number of carboxylic acids is 2. The highest BCUT2D eigenvalue weighted by Crippen LogP contribution is 2.31. The van der Waals surface area contributed by atoms with Gasteiger partial charge in [0.05, 0.1) is 0 Å². The van der Waals surface area contributed by atoms with E-state index >= 15 is 0 Å². The zero-order chi connectivity index (χ0) is 15.6. The van der Waals surface area contributed by atoms with Crippen molar-refractivity contribution in [2.24, 2.45) is 0 Å². The molecule has 0 radical (unpaired) electrons. The molecule has 1 aliphatic heterocycles. The maximum atomic E-state index is 11.1. The van der Waals surface area contributed by atoms with Crippen LogP contribution >= 0.6 is 0 Å². The summed E-state index contributed by atoms with van der Waals surface area (Å²) in [4.78, 5) is 21.9.